The molecule has 2 aliphatic heterocycles. The molecular formula is C25H26BrF3N4O3S. The summed E-state index contributed by atoms with van der Waals surface area (Å²) >= 11 is 4.69. The number of carbonyl (C=O) groups is 2. The Kier molecular flexibility index (Phi) is 8.20. The number of hydrogen-bond donors (Lipinski definition) is 1. The Morgan fingerprint density at radius 3 is 2.76 bits per heavy atom. The molecule has 12 heteroatoms. The second-order valence-electron chi connectivity index (χ2n) is 9.31. The molecule has 0 spiro atoms. The SMILES string of the molecule is COC(=O)C1=C(CN2CC(F)(F)C[C@H]2C(C)CC(C)=O)NC(c2nccs2)=N[C@H]1c1ccc(F)cc1Br. The van der Waals surface area contributed by atoms with E-state index >= 15 is 0 Å². The van der Waals surface area contributed by atoms with Crippen LogP contribution in [0.2, 0.25) is 0 Å². The maximum Gasteiger partial charge on any atom is 0.338 e. The molecule has 0 amide bonds. The molecule has 1 fully saturated rings. The minimum atomic E-state index is -2.94. The summed E-state index contributed by atoms with van der Waals surface area (Å²) in [6, 6.07) is 2.56. The largest absolute Gasteiger partial charge is 0.466 e. The van der Waals surface area contributed by atoms with Gasteiger partial charge in [0.25, 0.3) is 5.92 Å². The van der Waals surface area contributed by atoms with E-state index in [0.29, 0.717) is 26.6 Å². The average Bonchev–Trinajstić information content (AvgIpc) is 3.45. The summed E-state index contributed by atoms with van der Waals surface area (Å²) in [5.74, 6) is -4.14. The number of carbonyl (C=O) groups excluding carboxylic acids is 2. The highest BCUT2D eigenvalue weighted by Crippen LogP contribution is 2.40. The Balaban J connectivity index is 1.80. The van der Waals surface area contributed by atoms with Gasteiger partial charge in [-0.15, -0.1) is 11.3 Å². The molecule has 0 radical (unpaired) electrons. The molecule has 3 heterocycles. The highest BCUT2D eigenvalue weighted by molar-refractivity contribution is 9.10. The number of likely N-dealkylation sites (tertiary alicyclic amines) is 1. The lowest BCUT2D eigenvalue weighted by molar-refractivity contribution is -0.136. The fraction of sp³-hybridized carbons (Fsp3) is 0.440. The van der Waals surface area contributed by atoms with E-state index in [2.05, 4.69) is 26.2 Å². The summed E-state index contributed by atoms with van der Waals surface area (Å²) in [6.07, 6.45) is 1.39. The van der Waals surface area contributed by atoms with Crippen molar-refractivity contribution < 1.29 is 27.5 Å². The van der Waals surface area contributed by atoms with Gasteiger partial charge in [0.05, 0.1) is 19.2 Å². The Labute approximate surface area is 224 Å². The monoisotopic (exact) mass is 598 g/mol. The minimum Gasteiger partial charge on any atom is -0.466 e. The van der Waals surface area contributed by atoms with Gasteiger partial charge in [0.2, 0.25) is 0 Å². The van der Waals surface area contributed by atoms with Crippen molar-refractivity contribution in [3.8, 4) is 0 Å². The van der Waals surface area contributed by atoms with Crippen LogP contribution in [-0.2, 0) is 14.3 Å². The van der Waals surface area contributed by atoms with E-state index < -0.39 is 36.3 Å². The normalized spacial score (nSPS) is 22.4. The van der Waals surface area contributed by atoms with Gasteiger partial charge < -0.3 is 14.8 Å². The van der Waals surface area contributed by atoms with Crippen LogP contribution in [-0.4, -0.2) is 59.6 Å². The van der Waals surface area contributed by atoms with Crippen molar-refractivity contribution in [2.24, 2.45) is 10.9 Å². The number of esters is 1. The van der Waals surface area contributed by atoms with Crippen molar-refractivity contribution in [1.82, 2.24) is 15.2 Å². The number of hydrogen-bond acceptors (Lipinski definition) is 8. The van der Waals surface area contributed by atoms with Crippen molar-refractivity contribution >= 4 is 44.9 Å². The molecule has 1 aromatic heterocycles. The molecule has 1 aromatic carbocycles. The van der Waals surface area contributed by atoms with Gasteiger partial charge in [0.15, 0.2) is 10.8 Å². The minimum absolute atomic E-state index is 0.0351. The third-order valence-corrected chi connectivity index (χ3v) is 7.93. The summed E-state index contributed by atoms with van der Waals surface area (Å²) in [7, 11) is 1.23. The summed E-state index contributed by atoms with van der Waals surface area (Å²) in [4.78, 5) is 35.4. The number of ketones is 1. The number of methoxy groups -OCH3 is 1. The number of nitrogens with zero attached hydrogens (tertiary/aromatic N) is 3. The van der Waals surface area contributed by atoms with Crippen LogP contribution >= 0.6 is 27.3 Å². The molecule has 3 atom stereocenters. The number of alkyl halides is 2. The lowest BCUT2D eigenvalue weighted by Gasteiger charge is -2.33. The molecule has 1 N–H and O–H groups in total. The van der Waals surface area contributed by atoms with Crippen LogP contribution in [0.5, 0.6) is 0 Å². The second-order valence-corrected chi connectivity index (χ2v) is 11.1. The van der Waals surface area contributed by atoms with Gasteiger partial charge in [-0.25, -0.2) is 22.9 Å². The standard InChI is InChI=1S/C25H26BrF3N4O3S/c1-13(8-14(2)34)19-10-25(28,29)12-33(19)11-18-20(24(35)36-3)21(16-5-4-15(27)9-17(16)26)32-22(31-18)23-30-6-7-37-23/h4-7,9,13,19,21H,8,10-12H2,1-3H3,(H,31,32)/t13?,19-,21-/m0/s1. The predicted octanol–water partition coefficient (Wildman–Crippen LogP) is 4.89. The summed E-state index contributed by atoms with van der Waals surface area (Å²) in [5.41, 5.74) is 0.970. The Bertz CT molecular complexity index is 1250. The van der Waals surface area contributed by atoms with Crippen LogP contribution in [0.4, 0.5) is 13.2 Å². The average molecular weight is 599 g/mol. The molecule has 2 aromatic rings. The lowest BCUT2D eigenvalue weighted by atomic mass is 9.92. The number of Topliss-reactive ketones (excluding diaryl/α,β-unsaturated/α-hetero) is 1. The number of aromatic nitrogens is 1. The van der Waals surface area contributed by atoms with Gasteiger partial charge in [0.1, 0.15) is 17.6 Å². The van der Waals surface area contributed by atoms with Crippen LogP contribution in [0.1, 0.15) is 43.3 Å². The number of amidine groups is 1. The number of aliphatic imine (C=N–C) groups is 1. The molecule has 0 bridgehead atoms. The van der Waals surface area contributed by atoms with E-state index in [1.165, 1.54) is 43.6 Å². The van der Waals surface area contributed by atoms with Crippen molar-refractivity contribution in [1.29, 1.82) is 0 Å². The molecule has 4 rings (SSSR count). The number of ether oxygens (including phenoxy) is 1. The van der Waals surface area contributed by atoms with Gasteiger partial charge in [0, 0.05) is 47.2 Å². The van der Waals surface area contributed by atoms with E-state index in [-0.39, 0.29) is 36.7 Å². The fourth-order valence-electron chi connectivity index (χ4n) is 4.91. The first-order valence-corrected chi connectivity index (χ1v) is 13.3. The van der Waals surface area contributed by atoms with Crippen molar-refractivity contribution in [2.75, 3.05) is 20.2 Å². The molecule has 1 saturated heterocycles. The maximum atomic E-state index is 14.6. The van der Waals surface area contributed by atoms with Crippen LogP contribution in [0.25, 0.3) is 0 Å². The summed E-state index contributed by atoms with van der Waals surface area (Å²) in [5, 5.41) is 5.45. The van der Waals surface area contributed by atoms with E-state index in [1.54, 1.807) is 23.4 Å². The highest BCUT2D eigenvalue weighted by atomic mass is 79.9. The van der Waals surface area contributed by atoms with Gasteiger partial charge in [-0.05, 0) is 30.5 Å². The molecule has 2 aliphatic rings. The third-order valence-electron chi connectivity index (χ3n) is 6.46. The van der Waals surface area contributed by atoms with E-state index in [1.807, 2.05) is 0 Å². The van der Waals surface area contributed by atoms with Gasteiger partial charge >= 0.3 is 5.97 Å². The topological polar surface area (TPSA) is 83.9 Å². The van der Waals surface area contributed by atoms with E-state index in [0.717, 1.165) is 0 Å². The molecule has 7 nitrogen and oxygen atoms in total. The van der Waals surface area contributed by atoms with E-state index in [4.69, 9.17) is 9.73 Å². The number of benzene rings is 1. The van der Waals surface area contributed by atoms with Crippen LogP contribution in [0, 0.1) is 11.7 Å². The Hall–Kier alpha value is -2.57. The van der Waals surface area contributed by atoms with Crippen LogP contribution in [0.15, 0.2) is 50.5 Å². The van der Waals surface area contributed by atoms with Crippen molar-refractivity contribution in [3.05, 3.63) is 61.9 Å². The second kappa shape index (κ2) is 11.0. The molecule has 0 saturated carbocycles. The highest BCUT2D eigenvalue weighted by Gasteiger charge is 2.47. The molecule has 198 valence electrons. The van der Waals surface area contributed by atoms with E-state index in [9.17, 15) is 22.8 Å². The third kappa shape index (κ3) is 6.12. The zero-order valence-electron chi connectivity index (χ0n) is 20.4. The molecule has 0 aliphatic carbocycles. The van der Waals surface area contributed by atoms with Crippen molar-refractivity contribution in [2.45, 2.75) is 44.7 Å². The van der Waals surface area contributed by atoms with Gasteiger partial charge in [-0.3, -0.25) is 9.89 Å². The first-order chi connectivity index (χ1) is 17.5. The first kappa shape index (κ1) is 27.5. The zero-order valence-corrected chi connectivity index (χ0v) is 22.8. The number of halogens is 4. The molecule has 1 unspecified atom stereocenters. The number of thiazole rings is 1. The predicted molar refractivity (Wildman–Crippen MR) is 137 cm³/mol. The van der Waals surface area contributed by atoms with Crippen LogP contribution in [0.3, 0.4) is 0 Å². The number of rotatable bonds is 8. The van der Waals surface area contributed by atoms with Gasteiger partial charge in [-0.2, -0.15) is 0 Å². The summed E-state index contributed by atoms with van der Waals surface area (Å²) in [6.45, 7) is 2.67. The lowest BCUT2D eigenvalue weighted by Crippen LogP contribution is -2.43. The summed E-state index contributed by atoms with van der Waals surface area (Å²) < 4.78 is 48.6. The zero-order chi connectivity index (χ0) is 26.9. The first-order valence-electron chi connectivity index (χ1n) is 11.6. The maximum absolute atomic E-state index is 14.6. The Morgan fingerprint density at radius 1 is 1.38 bits per heavy atom. The molecule has 37 heavy (non-hydrogen) atoms. The quantitative estimate of drug-likeness (QED) is 0.436. The fourth-order valence-corrected chi connectivity index (χ4v) is 6.06. The van der Waals surface area contributed by atoms with Crippen molar-refractivity contribution in [3.63, 3.8) is 0 Å². The van der Waals surface area contributed by atoms with Crippen LogP contribution < -0.4 is 5.32 Å². The number of nitrogens with one attached hydrogen (secondary N) is 1. The smallest absolute Gasteiger partial charge is 0.338 e. The van der Waals surface area contributed by atoms with Gasteiger partial charge in [-0.1, -0.05) is 28.9 Å². The molecular weight excluding hydrogens is 573 g/mol. The Morgan fingerprint density at radius 2 is 2.14 bits per heavy atom.